The molecule has 16 heteroatoms. The number of nitrogens with one attached hydrogen (secondary N) is 6. The zero-order chi connectivity index (χ0) is 31.1. The van der Waals surface area contributed by atoms with E-state index in [1.807, 2.05) is 0 Å². The van der Waals surface area contributed by atoms with Gasteiger partial charge in [-0.3, -0.25) is 29.4 Å². The minimum Gasteiger partial charge on any atom is -0.481 e. The molecular formula is C25H38N8O8. The highest BCUT2D eigenvalue weighted by molar-refractivity contribution is 5.94. The van der Waals surface area contributed by atoms with Crippen LogP contribution in [0, 0.1) is 5.41 Å². The predicted octanol–water partition coefficient (Wildman–Crippen LogP) is -2.40. The molecule has 0 saturated heterocycles. The molecule has 3 amide bonds. The van der Waals surface area contributed by atoms with Crippen LogP contribution in [0.3, 0.4) is 0 Å². The lowest BCUT2D eigenvalue weighted by molar-refractivity contribution is -0.140. The number of aliphatic carboxylic acids is 1. The number of rotatable bonds is 18. The second-order valence-electron chi connectivity index (χ2n) is 9.11. The van der Waals surface area contributed by atoms with Crippen molar-refractivity contribution < 1.29 is 39.0 Å². The Morgan fingerprint density at radius 1 is 0.951 bits per heavy atom. The van der Waals surface area contributed by atoms with E-state index in [9.17, 15) is 28.8 Å². The second kappa shape index (κ2) is 17.2. The van der Waals surface area contributed by atoms with E-state index in [4.69, 9.17) is 27.1 Å². The van der Waals surface area contributed by atoms with Crippen molar-refractivity contribution in [2.24, 2.45) is 11.5 Å². The van der Waals surface area contributed by atoms with Crippen LogP contribution in [0.1, 0.15) is 48.5 Å². The summed E-state index contributed by atoms with van der Waals surface area (Å²) in [7, 11) is 1.50. The van der Waals surface area contributed by atoms with E-state index in [-0.39, 0.29) is 30.7 Å². The number of amides is 3. The number of carboxylic acid groups (broad SMARTS) is 2. The standard InChI is InChI=1S/C25H38N8O8/c1-3-15(26)21(37)16(33-25(27)28)7-8-17(29-2)22(38)31-12-19(34)32-18(10-20(35)36)23(39)30-11-13-5-4-6-14(9-13)24(40)41/h4-6,9,15-18,29H,3,7-8,10-12,26H2,1-2H3,(H,30,39)(H,31,38)(H,32,34)(H,35,36)(H,40,41)(H4,27,28,33)/t15?,16?,17-,18-/m0/s1. The smallest absolute Gasteiger partial charge is 0.335 e. The highest BCUT2D eigenvalue weighted by Crippen LogP contribution is 2.07. The summed E-state index contributed by atoms with van der Waals surface area (Å²) in [4.78, 5) is 72.5. The van der Waals surface area contributed by atoms with E-state index in [1.54, 1.807) is 13.0 Å². The van der Waals surface area contributed by atoms with E-state index < -0.39 is 72.8 Å². The number of aromatic carboxylic acids is 1. The fourth-order valence-corrected chi connectivity index (χ4v) is 3.72. The van der Waals surface area contributed by atoms with Crippen molar-refractivity contribution in [3.8, 4) is 0 Å². The number of hydrogen-bond donors (Lipinski definition) is 10. The van der Waals surface area contributed by atoms with Gasteiger partial charge in [-0.05, 0) is 44.0 Å². The van der Waals surface area contributed by atoms with E-state index in [1.165, 1.54) is 25.2 Å². The first-order chi connectivity index (χ1) is 19.3. The van der Waals surface area contributed by atoms with Crippen molar-refractivity contribution in [3.05, 3.63) is 35.4 Å². The Kier molecular flexibility index (Phi) is 14.4. The van der Waals surface area contributed by atoms with Gasteiger partial charge >= 0.3 is 11.9 Å². The zero-order valence-corrected chi connectivity index (χ0v) is 22.9. The molecule has 2 unspecified atom stereocenters. The van der Waals surface area contributed by atoms with E-state index in [2.05, 4.69) is 26.6 Å². The molecule has 226 valence electrons. The molecule has 0 spiro atoms. The molecule has 0 aromatic heterocycles. The molecule has 0 saturated carbocycles. The van der Waals surface area contributed by atoms with Gasteiger partial charge < -0.3 is 48.3 Å². The lowest BCUT2D eigenvalue weighted by Crippen LogP contribution is -2.52. The highest BCUT2D eigenvalue weighted by Gasteiger charge is 2.27. The Morgan fingerprint density at radius 2 is 1.59 bits per heavy atom. The number of Topliss-reactive ketones (excluding diaryl/α,β-unsaturated/α-hetero) is 1. The van der Waals surface area contributed by atoms with Crippen molar-refractivity contribution in [2.45, 2.75) is 63.3 Å². The van der Waals surface area contributed by atoms with Crippen molar-refractivity contribution in [1.29, 1.82) is 5.41 Å². The fourth-order valence-electron chi connectivity index (χ4n) is 3.72. The van der Waals surface area contributed by atoms with Gasteiger partial charge in [-0.1, -0.05) is 19.1 Å². The van der Waals surface area contributed by atoms with Crippen molar-refractivity contribution in [1.82, 2.24) is 26.6 Å². The number of carbonyl (C=O) groups excluding carboxylic acids is 4. The number of hydrogen-bond acceptors (Lipinski definition) is 9. The van der Waals surface area contributed by atoms with Crippen molar-refractivity contribution >= 4 is 41.4 Å². The van der Waals surface area contributed by atoms with Gasteiger partial charge in [0.15, 0.2) is 11.7 Å². The molecule has 1 rings (SSSR count). The van der Waals surface area contributed by atoms with Crippen molar-refractivity contribution in [3.63, 3.8) is 0 Å². The summed E-state index contributed by atoms with van der Waals surface area (Å²) in [5, 5.41) is 38.1. The first-order valence-electron chi connectivity index (χ1n) is 12.7. The van der Waals surface area contributed by atoms with E-state index in [0.29, 0.717) is 12.0 Å². The summed E-state index contributed by atoms with van der Waals surface area (Å²) >= 11 is 0. The van der Waals surface area contributed by atoms with E-state index >= 15 is 0 Å². The molecule has 16 nitrogen and oxygen atoms in total. The largest absolute Gasteiger partial charge is 0.481 e. The van der Waals surface area contributed by atoms with Crippen LogP contribution < -0.4 is 38.1 Å². The van der Waals surface area contributed by atoms with Crippen LogP contribution in [-0.4, -0.2) is 89.4 Å². The molecule has 1 aromatic rings. The Morgan fingerprint density at radius 3 is 2.15 bits per heavy atom. The van der Waals surface area contributed by atoms with Crippen LogP contribution in [0.25, 0.3) is 0 Å². The van der Waals surface area contributed by atoms with Gasteiger partial charge in [0.25, 0.3) is 0 Å². The molecule has 4 atom stereocenters. The molecule has 0 aliphatic rings. The Labute approximate surface area is 236 Å². The molecule has 0 heterocycles. The first-order valence-corrected chi connectivity index (χ1v) is 12.7. The van der Waals surface area contributed by atoms with Crippen molar-refractivity contribution in [2.75, 3.05) is 13.6 Å². The summed E-state index contributed by atoms with van der Waals surface area (Å²) in [6.07, 6.45) is -0.144. The van der Waals surface area contributed by atoms with Gasteiger partial charge in [0.1, 0.15) is 6.04 Å². The van der Waals surface area contributed by atoms with Crippen LogP contribution in [0.15, 0.2) is 24.3 Å². The van der Waals surface area contributed by atoms with Gasteiger partial charge in [0.05, 0.1) is 36.7 Å². The first kappa shape index (κ1) is 34.5. The molecular weight excluding hydrogens is 540 g/mol. The number of carboxylic acids is 2. The molecule has 0 radical (unpaired) electrons. The lowest BCUT2D eigenvalue weighted by atomic mass is 9.97. The zero-order valence-electron chi connectivity index (χ0n) is 22.9. The van der Waals surface area contributed by atoms with E-state index in [0.717, 1.165) is 0 Å². The third-order valence-electron chi connectivity index (χ3n) is 5.98. The molecule has 0 fully saturated rings. The SMILES string of the molecule is CCC(N)C(=O)C(CC[C@H](NC)C(=O)NCC(=O)N[C@@H](CC(=O)O)C(=O)NCc1cccc(C(=O)O)c1)NC(=N)N. The monoisotopic (exact) mass is 578 g/mol. The normalized spacial score (nSPS) is 13.5. The molecule has 0 aliphatic carbocycles. The average molecular weight is 579 g/mol. The molecule has 12 N–H and O–H groups in total. The van der Waals surface area contributed by atoms with Gasteiger partial charge in [-0.15, -0.1) is 0 Å². The summed E-state index contributed by atoms with van der Waals surface area (Å²) in [5.41, 5.74) is 11.6. The van der Waals surface area contributed by atoms with Crippen LogP contribution in [0.5, 0.6) is 0 Å². The number of benzene rings is 1. The van der Waals surface area contributed by atoms with Crippen LogP contribution in [0.2, 0.25) is 0 Å². The lowest BCUT2D eigenvalue weighted by Gasteiger charge is -2.23. The molecule has 0 bridgehead atoms. The number of likely N-dealkylation sites (N-methyl/N-ethyl adjacent to an activating group) is 1. The minimum atomic E-state index is -1.47. The van der Waals surface area contributed by atoms with Gasteiger partial charge in [-0.25, -0.2) is 4.79 Å². The summed E-state index contributed by atoms with van der Waals surface area (Å²) < 4.78 is 0. The summed E-state index contributed by atoms with van der Waals surface area (Å²) in [6.45, 7) is 1.04. The third kappa shape index (κ3) is 12.4. The Hall–Kier alpha value is -4.57. The maximum atomic E-state index is 12.6. The number of carbonyl (C=O) groups is 6. The maximum absolute atomic E-state index is 12.6. The van der Waals surface area contributed by atoms with Crippen LogP contribution in [-0.2, 0) is 30.5 Å². The van der Waals surface area contributed by atoms with Gasteiger partial charge in [0.2, 0.25) is 17.7 Å². The minimum absolute atomic E-state index is 0.00419. The summed E-state index contributed by atoms with van der Waals surface area (Å²) in [6, 6.07) is 1.79. The Bertz CT molecular complexity index is 1130. The number of guanidine groups is 1. The predicted molar refractivity (Wildman–Crippen MR) is 147 cm³/mol. The second-order valence-corrected chi connectivity index (χ2v) is 9.11. The summed E-state index contributed by atoms with van der Waals surface area (Å²) in [5.74, 6) is -5.56. The van der Waals surface area contributed by atoms with Crippen LogP contribution >= 0.6 is 0 Å². The maximum Gasteiger partial charge on any atom is 0.335 e. The highest BCUT2D eigenvalue weighted by atomic mass is 16.4. The quantitative estimate of drug-likeness (QED) is 0.0645. The molecule has 41 heavy (non-hydrogen) atoms. The fraction of sp³-hybridized carbons (Fsp3) is 0.480. The molecule has 0 aliphatic heterocycles. The number of ketones is 1. The topological polar surface area (TPSA) is 279 Å². The van der Waals surface area contributed by atoms with Crippen LogP contribution in [0.4, 0.5) is 0 Å². The third-order valence-corrected chi connectivity index (χ3v) is 5.98. The Balaban J connectivity index is 2.72. The average Bonchev–Trinajstić information content (AvgIpc) is 2.92. The van der Waals surface area contributed by atoms with Gasteiger partial charge in [-0.2, -0.15) is 0 Å². The van der Waals surface area contributed by atoms with Gasteiger partial charge in [0, 0.05) is 6.54 Å². The number of nitrogens with two attached hydrogens (primary N) is 2. The molecule has 1 aromatic carbocycles.